The normalized spacial score (nSPS) is 13.4. The highest BCUT2D eigenvalue weighted by Crippen LogP contribution is 2.43. The number of anilines is 1. The number of Topliss-reactive ketones (excluding diaryl/α,β-unsaturated/α-hetero) is 1. The lowest BCUT2D eigenvalue weighted by Crippen LogP contribution is -2.29. The van der Waals surface area contributed by atoms with Gasteiger partial charge in [0.1, 0.15) is 5.82 Å². The van der Waals surface area contributed by atoms with Crippen molar-refractivity contribution in [1.29, 1.82) is 0 Å². The minimum atomic E-state index is -0.691. The van der Waals surface area contributed by atoms with Crippen molar-refractivity contribution in [2.24, 2.45) is 0 Å². The number of nitrogens with one attached hydrogen (secondary N) is 1. The summed E-state index contributed by atoms with van der Waals surface area (Å²) in [7, 11) is 6.21. The molecule has 0 unspecified atom stereocenters. The van der Waals surface area contributed by atoms with E-state index in [1.165, 1.54) is 4.90 Å². The second kappa shape index (κ2) is 9.85. The average Bonchev–Trinajstić information content (AvgIpc) is 3.31. The predicted molar refractivity (Wildman–Crippen MR) is 141 cm³/mol. The number of ketones is 1. The smallest absolute Gasteiger partial charge is 0.420 e. The zero-order valence-electron chi connectivity index (χ0n) is 21.1. The van der Waals surface area contributed by atoms with Gasteiger partial charge in [0.2, 0.25) is 5.75 Å². The fraction of sp³-hybridized carbons (Fsp3) is 0.250. The van der Waals surface area contributed by atoms with Crippen LogP contribution in [0.3, 0.4) is 0 Å². The van der Waals surface area contributed by atoms with Crippen LogP contribution >= 0.6 is 0 Å². The highest BCUT2D eigenvalue weighted by Gasteiger charge is 2.24. The number of hydrogen-bond acceptors (Lipinski definition) is 7. The van der Waals surface area contributed by atoms with Gasteiger partial charge in [0, 0.05) is 35.3 Å². The van der Waals surface area contributed by atoms with Gasteiger partial charge in [-0.2, -0.15) is 0 Å². The van der Waals surface area contributed by atoms with E-state index in [1.54, 1.807) is 34.5 Å². The quantitative estimate of drug-likeness (QED) is 0.366. The largest absolute Gasteiger partial charge is 0.493 e. The third kappa shape index (κ3) is 4.33. The molecule has 4 aromatic rings. The summed E-state index contributed by atoms with van der Waals surface area (Å²) in [5, 5.41) is 1.85. The van der Waals surface area contributed by atoms with Crippen molar-refractivity contribution in [2.45, 2.75) is 19.3 Å². The average molecular weight is 502 g/mol. The number of H-pyrrole nitrogens is 1. The van der Waals surface area contributed by atoms with Crippen LogP contribution in [0.5, 0.6) is 17.2 Å². The van der Waals surface area contributed by atoms with Crippen LogP contribution in [0.4, 0.5) is 10.6 Å². The Morgan fingerprint density at radius 3 is 2.41 bits per heavy atom. The first kappa shape index (κ1) is 24.2. The number of methoxy groups -OCH3 is 3. The van der Waals surface area contributed by atoms with Gasteiger partial charge in [-0.25, -0.2) is 9.78 Å². The highest BCUT2D eigenvalue weighted by molar-refractivity contribution is 6.12. The fourth-order valence-electron chi connectivity index (χ4n) is 4.52. The molecule has 0 atom stereocenters. The number of nitrogens with zero attached hydrogens (tertiary/aromatic N) is 2. The lowest BCUT2D eigenvalue weighted by atomic mass is 10.1. The maximum atomic E-state index is 13.0. The Hall–Kier alpha value is -4.53. The van der Waals surface area contributed by atoms with Crippen molar-refractivity contribution in [2.75, 3.05) is 33.3 Å². The van der Waals surface area contributed by atoms with E-state index >= 15 is 0 Å². The Bertz CT molecular complexity index is 1530. The van der Waals surface area contributed by atoms with E-state index in [9.17, 15) is 9.59 Å². The van der Waals surface area contributed by atoms with Crippen LogP contribution in [-0.2, 0) is 9.53 Å². The van der Waals surface area contributed by atoms with Gasteiger partial charge in [-0.05, 0) is 43.2 Å². The molecule has 1 aliphatic rings. The number of aromatic nitrogens is 2. The molecule has 1 aliphatic carbocycles. The van der Waals surface area contributed by atoms with Gasteiger partial charge in [-0.3, -0.25) is 9.69 Å². The summed E-state index contributed by atoms with van der Waals surface area (Å²) < 4.78 is 22.0. The number of carbonyl (C=O) groups excluding carboxylic acids is 2. The van der Waals surface area contributed by atoms with E-state index in [2.05, 4.69) is 4.98 Å². The molecule has 2 aromatic heterocycles. The van der Waals surface area contributed by atoms with E-state index in [1.807, 2.05) is 42.5 Å². The molecular formula is C28H27N3O6. The molecule has 0 radical (unpaired) electrons. The number of hydrogen-bond donors (Lipinski definition) is 1. The van der Waals surface area contributed by atoms with Crippen LogP contribution in [-0.4, -0.2) is 50.2 Å². The minimum Gasteiger partial charge on any atom is -0.493 e. The molecule has 0 saturated carbocycles. The van der Waals surface area contributed by atoms with Gasteiger partial charge >= 0.3 is 6.09 Å². The van der Waals surface area contributed by atoms with Gasteiger partial charge < -0.3 is 23.9 Å². The minimum absolute atomic E-state index is 0.0844. The molecule has 9 nitrogen and oxygen atoms in total. The molecule has 0 aliphatic heterocycles. The monoisotopic (exact) mass is 501 g/mol. The van der Waals surface area contributed by atoms with Crippen LogP contribution in [0.25, 0.3) is 33.1 Å². The van der Waals surface area contributed by atoms with Gasteiger partial charge in [0.25, 0.3) is 0 Å². The van der Waals surface area contributed by atoms with Crippen molar-refractivity contribution < 1.29 is 28.5 Å². The number of fused-ring (bicyclic) bond motifs is 3. The molecule has 1 amide bonds. The molecule has 0 bridgehead atoms. The number of allylic oxidation sites excluding steroid dienone is 2. The van der Waals surface area contributed by atoms with Crippen LogP contribution in [0.15, 0.2) is 54.3 Å². The van der Waals surface area contributed by atoms with Crippen molar-refractivity contribution in [3.05, 3.63) is 54.3 Å². The molecule has 0 fully saturated rings. The van der Waals surface area contributed by atoms with E-state index in [0.717, 1.165) is 28.2 Å². The van der Waals surface area contributed by atoms with Crippen molar-refractivity contribution >= 4 is 39.5 Å². The zero-order chi connectivity index (χ0) is 26.1. The first-order chi connectivity index (χ1) is 17.9. The van der Waals surface area contributed by atoms with Gasteiger partial charge in [0.15, 0.2) is 23.0 Å². The fourth-order valence-corrected chi connectivity index (χ4v) is 4.52. The van der Waals surface area contributed by atoms with E-state index in [-0.39, 0.29) is 11.5 Å². The lowest BCUT2D eigenvalue weighted by Gasteiger charge is -2.20. The number of rotatable bonds is 6. The topological polar surface area (TPSA) is 103 Å². The van der Waals surface area contributed by atoms with Crippen LogP contribution in [0.2, 0.25) is 0 Å². The van der Waals surface area contributed by atoms with Crippen molar-refractivity contribution in [1.82, 2.24) is 9.97 Å². The molecule has 2 heterocycles. The molecule has 5 rings (SSSR count). The van der Waals surface area contributed by atoms with Gasteiger partial charge in [-0.1, -0.05) is 18.2 Å². The number of amides is 1. The number of ether oxygens (including phenoxy) is 4. The van der Waals surface area contributed by atoms with E-state index in [0.29, 0.717) is 47.2 Å². The SMILES string of the molecule is COc1cc(-c2nc(N(C)C(=O)OC3=CCCCC3=O)cc3c2[nH]c2ccccc23)cc(OC)c1OC. The number of aromatic amines is 1. The van der Waals surface area contributed by atoms with Crippen molar-refractivity contribution in [3.8, 4) is 28.5 Å². The first-order valence-electron chi connectivity index (χ1n) is 11.9. The van der Waals surface area contributed by atoms with Crippen LogP contribution in [0.1, 0.15) is 19.3 Å². The second-order valence-electron chi connectivity index (χ2n) is 8.65. The maximum Gasteiger partial charge on any atom is 0.420 e. The van der Waals surface area contributed by atoms with Crippen LogP contribution < -0.4 is 19.1 Å². The Morgan fingerprint density at radius 2 is 1.73 bits per heavy atom. The van der Waals surface area contributed by atoms with E-state index in [4.69, 9.17) is 23.9 Å². The lowest BCUT2D eigenvalue weighted by molar-refractivity contribution is -0.118. The summed E-state index contributed by atoms with van der Waals surface area (Å²) >= 11 is 0. The summed E-state index contributed by atoms with van der Waals surface area (Å²) in [5.74, 6) is 1.68. The molecule has 0 spiro atoms. The number of para-hydroxylation sites is 1. The second-order valence-corrected chi connectivity index (χ2v) is 8.65. The number of benzene rings is 2. The molecule has 9 heteroatoms. The molecule has 37 heavy (non-hydrogen) atoms. The Kier molecular flexibility index (Phi) is 6.43. The summed E-state index contributed by atoms with van der Waals surface area (Å²) in [4.78, 5) is 34.8. The Balaban J connectivity index is 1.67. The molecule has 1 N–H and O–H groups in total. The summed E-state index contributed by atoms with van der Waals surface area (Å²) in [5.41, 5.74) is 2.98. The third-order valence-electron chi connectivity index (χ3n) is 6.45. The van der Waals surface area contributed by atoms with E-state index < -0.39 is 6.09 Å². The summed E-state index contributed by atoms with van der Waals surface area (Å²) in [6.07, 6.45) is 2.79. The maximum absolute atomic E-state index is 13.0. The Morgan fingerprint density at radius 1 is 1.00 bits per heavy atom. The zero-order valence-corrected chi connectivity index (χ0v) is 21.1. The molecule has 190 valence electrons. The standard InChI is InChI=1S/C28H27N3O6/c1-31(28(33)37-21-12-8-7-11-20(21)32)24-15-18-17-9-5-6-10-19(17)29-26(18)25(30-24)16-13-22(34-2)27(36-4)23(14-16)35-3/h5-6,9-10,12-15,29H,7-8,11H2,1-4H3. The van der Waals surface area contributed by atoms with Gasteiger partial charge in [0.05, 0.1) is 32.5 Å². The number of carbonyl (C=O) groups is 2. The van der Waals surface area contributed by atoms with Crippen molar-refractivity contribution in [3.63, 3.8) is 0 Å². The van der Waals surface area contributed by atoms with Crippen LogP contribution in [0, 0.1) is 0 Å². The summed E-state index contributed by atoms with van der Waals surface area (Å²) in [6, 6.07) is 13.3. The Labute approximate surface area is 213 Å². The number of pyridine rings is 1. The molecule has 0 saturated heterocycles. The third-order valence-corrected chi connectivity index (χ3v) is 6.45. The molecule has 2 aromatic carbocycles. The predicted octanol–water partition coefficient (Wildman–Crippen LogP) is 5.62. The highest BCUT2D eigenvalue weighted by atomic mass is 16.6. The first-order valence-corrected chi connectivity index (χ1v) is 11.9. The van der Waals surface area contributed by atoms with Gasteiger partial charge in [-0.15, -0.1) is 0 Å². The molecular weight excluding hydrogens is 474 g/mol. The summed E-state index contributed by atoms with van der Waals surface area (Å²) in [6.45, 7) is 0.